The molecule has 0 bridgehead atoms. The lowest BCUT2D eigenvalue weighted by Crippen LogP contribution is -2.39. The fourth-order valence-electron chi connectivity index (χ4n) is 3.21. The van der Waals surface area contributed by atoms with Gasteiger partial charge >= 0.3 is 0 Å². The van der Waals surface area contributed by atoms with Crippen LogP contribution in [0.15, 0.2) is 11.3 Å². The Labute approximate surface area is 159 Å². The second-order valence-electron chi connectivity index (χ2n) is 6.51. The average molecular weight is 376 g/mol. The van der Waals surface area contributed by atoms with Crippen molar-refractivity contribution in [3.8, 4) is 0 Å². The van der Waals surface area contributed by atoms with Crippen molar-refractivity contribution in [2.45, 2.75) is 58.4 Å². The summed E-state index contributed by atoms with van der Waals surface area (Å²) in [6, 6.07) is 0. The van der Waals surface area contributed by atoms with Gasteiger partial charge in [0.2, 0.25) is 0 Å². The first kappa shape index (κ1) is 18.8. The number of aliphatic imine (C=N–C) groups is 1. The number of nitrogens with zero attached hydrogens (tertiary/aromatic N) is 5. The molecule has 0 unspecified atom stereocenters. The Morgan fingerprint density at radius 3 is 2.92 bits per heavy atom. The maximum atomic E-state index is 4.81. The molecule has 0 aliphatic heterocycles. The van der Waals surface area contributed by atoms with Gasteiger partial charge in [-0.3, -0.25) is 4.99 Å². The summed E-state index contributed by atoms with van der Waals surface area (Å²) < 4.78 is 2.07. The molecule has 0 atom stereocenters. The van der Waals surface area contributed by atoms with Crippen molar-refractivity contribution < 1.29 is 0 Å². The van der Waals surface area contributed by atoms with Crippen LogP contribution in [0.1, 0.15) is 47.6 Å². The molecule has 26 heavy (non-hydrogen) atoms. The molecule has 1 aliphatic rings. The third-order valence-corrected chi connectivity index (χ3v) is 5.85. The van der Waals surface area contributed by atoms with Crippen molar-refractivity contribution >= 4 is 17.3 Å². The van der Waals surface area contributed by atoms with E-state index in [9.17, 15) is 0 Å². The topological polar surface area (TPSA) is 80.0 Å². The zero-order valence-electron chi connectivity index (χ0n) is 15.8. The van der Waals surface area contributed by atoms with Gasteiger partial charge in [0, 0.05) is 44.4 Å². The highest BCUT2D eigenvalue weighted by atomic mass is 32.1. The second-order valence-corrected chi connectivity index (χ2v) is 7.68. The molecule has 0 saturated heterocycles. The number of hydrogen-bond donors (Lipinski definition) is 2. The maximum absolute atomic E-state index is 4.81. The van der Waals surface area contributed by atoms with Crippen molar-refractivity contribution in [1.82, 2.24) is 30.4 Å². The monoisotopic (exact) mass is 375 g/mol. The van der Waals surface area contributed by atoms with Crippen LogP contribution in [0, 0.1) is 0 Å². The van der Waals surface area contributed by atoms with E-state index in [1.165, 1.54) is 41.3 Å². The molecule has 1 aliphatic carbocycles. The fourth-order valence-corrected chi connectivity index (χ4v) is 4.41. The summed E-state index contributed by atoms with van der Waals surface area (Å²) in [5.41, 5.74) is 1.36. The van der Waals surface area contributed by atoms with Crippen LogP contribution in [0.2, 0.25) is 0 Å². The molecule has 2 aromatic rings. The Bertz CT molecular complexity index is 695. The molecule has 142 valence electrons. The van der Waals surface area contributed by atoms with E-state index in [1.807, 2.05) is 11.3 Å². The first-order valence-corrected chi connectivity index (χ1v) is 10.4. The number of nitrogens with one attached hydrogen (secondary N) is 2. The second kappa shape index (κ2) is 9.66. The van der Waals surface area contributed by atoms with Crippen LogP contribution in [-0.2, 0) is 32.2 Å². The molecule has 0 fully saturated rings. The Hall–Kier alpha value is -1.96. The van der Waals surface area contributed by atoms with E-state index in [2.05, 4.69) is 37.3 Å². The highest BCUT2D eigenvalue weighted by Gasteiger charge is 2.14. The molecule has 7 nitrogen and oxygen atoms in total. The number of fused-ring (bicyclic) bond motifs is 1. The first-order valence-electron chi connectivity index (χ1n) is 9.58. The zero-order chi connectivity index (χ0) is 18.2. The Morgan fingerprint density at radius 1 is 1.27 bits per heavy atom. The molecule has 0 radical (unpaired) electrons. The van der Waals surface area contributed by atoms with Gasteiger partial charge in [-0.15, -0.1) is 21.5 Å². The number of aromatic nitrogens is 4. The van der Waals surface area contributed by atoms with Gasteiger partial charge in [0.15, 0.2) is 5.96 Å². The summed E-state index contributed by atoms with van der Waals surface area (Å²) in [6.07, 6.45) is 9.82. The van der Waals surface area contributed by atoms with E-state index in [0.717, 1.165) is 50.7 Å². The third kappa shape index (κ3) is 5.03. The number of hydrogen-bond acceptors (Lipinski definition) is 5. The van der Waals surface area contributed by atoms with Crippen LogP contribution < -0.4 is 10.6 Å². The smallest absolute Gasteiger partial charge is 0.191 e. The number of guanidine groups is 1. The van der Waals surface area contributed by atoms with Gasteiger partial charge < -0.3 is 15.2 Å². The van der Waals surface area contributed by atoms with Crippen LogP contribution in [0.3, 0.4) is 0 Å². The van der Waals surface area contributed by atoms with Gasteiger partial charge in [-0.25, -0.2) is 4.98 Å². The average Bonchev–Trinajstić information content (AvgIpc) is 3.29. The third-order valence-electron chi connectivity index (χ3n) is 4.63. The molecule has 0 amide bonds. The molecular weight excluding hydrogens is 346 g/mol. The summed E-state index contributed by atoms with van der Waals surface area (Å²) in [6.45, 7) is 4.62. The molecule has 0 saturated carbocycles. The summed E-state index contributed by atoms with van der Waals surface area (Å²) in [5, 5.41) is 16.1. The van der Waals surface area contributed by atoms with Gasteiger partial charge in [0.25, 0.3) is 0 Å². The minimum absolute atomic E-state index is 0.796. The highest BCUT2D eigenvalue weighted by molar-refractivity contribution is 7.11. The number of aryl methyl sites for hydroxylation is 4. The molecule has 8 heteroatoms. The van der Waals surface area contributed by atoms with E-state index >= 15 is 0 Å². The van der Waals surface area contributed by atoms with Crippen molar-refractivity contribution in [3.63, 3.8) is 0 Å². The lowest BCUT2D eigenvalue weighted by Gasteiger charge is -2.12. The van der Waals surface area contributed by atoms with E-state index in [-0.39, 0.29) is 0 Å². The number of thiazole rings is 1. The van der Waals surface area contributed by atoms with Crippen LogP contribution in [-0.4, -0.2) is 45.8 Å². The lowest BCUT2D eigenvalue weighted by atomic mass is 10.0. The quantitative estimate of drug-likeness (QED) is 0.419. The van der Waals surface area contributed by atoms with Crippen molar-refractivity contribution in [2.75, 3.05) is 20.1 Å². The fraction of sp³-hybridized carbons (Fsp3) is 0.667. The normalized spacial score (nSPS) is 14.3. The highest BCUT2D eigenvalue weighted by Crippen LogP contribution is 2.27. The van der Waals surface area contributed by atoms with E-state index in [0.29, 0.717) is 0 Å². The molecule has 2 aromatic heterocycles. The molecule has 2 N–H and O–H groups in total. The van der Waals surface area contributed by atoms with Crippen LogP contribution >= 0.6 is 11.3 Å². The van der Waals surface area contributed by atoms with Crippen LogP contribution in [0.25, 0.3) is 0 Å². The Morgan fingerprint density at radius 2 is 2.12 bits per heavy atom. The van der Waals surface area contributed by atoms with Gasteiger partial charge in [-0.2, -0.15) is 0 Å². The molecule has 0 aromatic carbocycles. The van der Waals surface area contributed by atoms with Crippen molar-refractivity contribution in [2.24, 2.45) is 4.99 Å². The molecule has 0 spiro atoms. The van der Waals surface area contributed by atoms with Gasteiger partial charge in [-0.05, 0) is 32.1 Å². The first-order chi connectivity index (χ1) is 12.8. The Kier molecular flexibility index (Phi) is 6.99. The summed E-state index contributed by atoms with van der Waals surface area (Å²) in [5.74, 6) is 1.86. The van der Waals surface area contributed by atoms with E-state index in [1.54, 1.807) is 13.4 Å². The summed E-state index contributed by atoms with van der Waals surface area (Å²) in [4.78, 5) is 10.6. The molecule has 3 rings (SSSR count). The standard InChI is InChI=1S/C18H29N7S/c1-3-16-24-22-13-25(16)12-11-21-18(19-2)20-10-6-9-17-23-14-7-4-5-8-15(14)26-17/h13H,3-12H2,1-2H3,(H2,19,20,21). The number of rotatable bonds is 8. The SMILES string of the molecule is CCc1nncn1CCNC(=NC)NCCCc1nc2c(s1)CCCC2. The van der Waals surface area contributed by atoms with Gasteiger partial charge in [0.1, 0.15) is 12.2 Å². The van der Waals surface area contributed by atoms with Crippen LogP contribution in [0.5, 0.6) is 0 Å². The van der Waals surface area contributed by atoms with Crippen molar-refractivity contribution in [3.05, 3.63) is 27.7 Å². The molecule has 2 heterocycles. The van der Waals surface area contributed by atoms with Gasteiger partial charge in [0.05, 0.1) is 10.7 Å². The van der Waals surface area contributed by atoms with E-state index < -0.39 is 0 Å². The lowest BCUT2D eigenvalue weighted by molar-refractivity contribution is 0.630. The van der Waals surface area contributed by atoms with E-state index in [4.69, 9.17) is 4.98 Å². The Balaban J connectivity index is 1.34. The predicted molar refractivity (Wildman–Crippen MR) is 106 cm³/mol. The predicted octanol–water partition coefficient (Wildman–Crippen LogP) is 1.97. The van der Waals surface area contributed by atoms with Crippen LogP contribution in [0.4, 0.5) is 0 Å². The van der Waals surface area contributed by atoms with Gasteiger partial charge in [-0.1, -0.05) is 6.92 Å². The minimum Gasteiger partial charge on any atom is -0.356 e. The van der Waals surface area contributed by atoms with Crippen molar-refractivity contribution in [1.29, 1.82) is 0 Å². The largest absolute Gasteiger partial charge is 0.356 e. The minimum atomic E-state index is 0.796. The zero-order valence-corrected chi connectivity index (χ0v) is 16.6. The maximum Gasteiger partial charge on any atom is 0.191 e. The molecular formula is C18H29N7S. The summed E-state index contributed by atoms with van der Waals surface area (Å²) in [7, 11) is 1.81. The summed E-state index contributed by atoms with van der Waals surface area (Å²) >= 11 is 1.92.